The van der Waals surface area contributed by atoms with Crippen LogP contribution >= 0.6 is 15.9 Å². The summed E-state index contributed by atoms with van der Waals surface area (Å²) in [4.78, 5) is 23.3. The van der Waals surface area contributed by atoms with E-state index in [2.05, 4.69) is 21.2 Å². The van der Waals surface area contributed by atoms with Gasteiger partial charge in [-0.25, -0.2) is 4.79 Å². The average Bonchev–Trinajstić information content (AvgIpc) is 2.96. The molecule has 0 aliphatic heterocycles. The zero-order chi connectivity index (χ0) is 14.2. The van der Waals surface area contributed by atoms with Crippen LogP contribution in [0.25, 0.3) is 0 Å². The molecule has 1 saturated carbocycles. The van der Waals surface area contributed by atoms with Crippen LogP contribution in [0, 0.1) is 11.3 Å². The van der Waals surface area contributed by atoms with Crippen LogP contribution in [-0.4, -0.2) is 17.0 Å². The van der Waals surface area contributed by atoms with Crippen molar-refractivity contribution in [2.75, 3.05) is 0 Å². The third-order valence-electron chi connectivity index (χ3n) is 3.57. The van der Waals surface area contributed by atoms with Crippen LogP contribution in [0.4, 0.5) is 0 Å². The molecule has 1 aliphatic carbocycles. The molecule has 1 fully saturated rings. The monoisotopic (exact) mass is 325 g/mol. The molecule has 0 bridgehead atoms. The first-order valence-electron chi connectivity index (χ1n) is 6.10. The first kappa shape index (κ1) is 14.1. The Labute approximate surface area is 120 Å². The van der Waals surface area contributed by atoms with Crippen LogP contribution in [-0.2, 0) is 9.59 Å². The lowest BCUT2D eigenvalue weighted by molar-refractivity contribution is -0.142. The van der Waals surface area contributed by atoms with Gasteiger partial charge in [-0.2, -0.15) is 0 Å². The van der Waals surface area contributed by atoms with Gasteiger partial charge >= 0.3 is 5.97 Å². The number of benzene rings is 1. The van der Waals surface area contributed by atoms with Crippen molar-refractivity contribution < 1.29 is 14.7 Å². The van der Waals surface area contributed by atoms with Crippen molar-refractivity contribution in [1.29, 1.82) is 0 Å². The Bertz CT molecular complexity index is 510. The minimum Gasteiger partial charge on any atom is -0.479 e. The summed E-state index contributed by atoms with van der Waals surface area (Å²) in [5, 5.41) is 11.9. The topological polar surface area (TPSA) is 66.4 Å². The number of amides is 1. The average molecular weight is 326 g/mol. The lowest BCUT2D eigenvalue weighted by Crippen LogP contribution is -2.35. The molecule has 1 aromatic carbocycles. The Morgan fingerprint density at radius 2 is 1.89 bits per heavy atom. The summed E-state index contributed by atoms with van der Waals surface area (Å²) in [7, 11) is 0. The van der Waals surface area contributed by atoms with E-state index in [-0.39, 0.29) is 17.2 Å². The second-order valence-electron chi connectivity index (χ2n) is 5.58. The van der Waals surface area contributed by atoms with E-state index >= 15 is 0 Å². The van der Waals surface area contributed by atoms with Gasteiger partial charge in [0.25, 0.3) is 0 Å². The summed E-state index contributed by atoms with van der Waals surface area (Å²) in [5.74, 6) is -1.31. The Morgan fingerprint density at radius 1 is 1.37 bits per heavy atom. The number of hydrogen-bond acceptors (Lipinski definition) is 2. The predicted molar refractivity (Wildman–Crippen MR) is 74.5 cm³/mol. The van der Waals surface area contributed by atoms with Crippen molar-refractivity contribution in [1.82, 2.24) is 5.32 Å². The summed E-state index contributed by atoms with van der Waals surface area (Å²) in [6.07, 6.45) is 0.811. The van der Waals surface area contributed by atoms with E-state index in [9.17, 15) is 14.7 Å². The quantitative estimate of drug-likeness (QED) is 0.894. The van der Waals surface area contributed by atoms with E-state index < -0.39 is 12.0 Å². The molecule has 0 aromatic heterocycles. The number of hydrogen-bond donors (Lipinski definition) is 2. The third-order valence-corrected chi connectivity index (χ3v) is 4.10. The molecule has 1 amide bonds. The Balaban J connectivity index is 2.11. The van der Waals surface area contributed by atoms with Crippen LogP contribution in [0.2, 0.25) is 0 Å². The number of halogens is 1. The lowest BCUT2D eigenvalue weighted by Gasteiger charge is -2.15. The van der Waals surface area contributed by atoms with Crippen molar-refractivity contribution >= 4 is 27.8 Å². The fraction of sp³-hybridized carbons (Fsp3) is 0.429. The van der Waals surface area contributed by atoms with Gasteiger partial charge in [-0.3, -0.25) is 4.79 Å². The van der Waals surface area contributed by atoms with E-state index in [0.29, 0.717) is 5.56 Å². The van der Waals surface area contributed by atoms with Crippen molar-refractivity contribution in [3.05, 3.63) is 34.3 Å². The molecule has 19 heavy (non-hydrogen) atoms. The summed E-state index contributed by atoms with van der Waals surface area (Å²) in [6.45, 7) is 4.01. The molecule has 4 nitrogen and oxygen atoms in total. The standard InChI is InChI=1S/C14H16BrNO3/c1-14(2)7-10(14)12(17)16-11(13(18)19)8-3-5-9(15)6-4-8/h3-6,10-11H,7H2,1-2H3,(H,16,17)(H,18,19)/t10-,11?/m1/s1. The van der Waals surface area contributed by atoms with Crippen molar-refractivity contribution in [3.63, 3.8) is 0 Å². The molecule has 1 aliphatic rings. The summed E-state index contributed by atoms with van der Waals surface area (Å²) >= 11 is 3.30. The van der Waals surface area contributed by atoms with Crippen LogP contribution in [0.15, 0.2) is 28.7 Å². The molecule has 5 heteroatoms. The van der Waals surface area contributed by atoms with Gasteiger partial charge in [0, 0.05) is 10.4 Å². The first-order chi connectivity index (χ1) is 8.81. The normalized spacial score (nSPS) is 21.5. The van der Waals surface area contributed by atoms with E-state index in [1.54, 1.807) is 24.3 Å². The van der Waals surface area contributed by atoms with Crippen LogP contribution in [0.1, 0.15) is 31.9 Å². The molecule has 0 radical (unpaired) electrons. The molecular formula is C14H16BrNO3. The summed E-state index contributed by atoms with van der Waals surface area (Å²) < 4.78 is 0.870. The number of carbonyl (C=O) groups is 2. The number of carboxylic acids is 1. The number of carbonyl (C=O) groups excluding carboxylic acids is 1. The molecule has 2 N–H and O–H groups in total. The highest BCUT2D eigenvalue weighted by Gasteiger charge is 2.51. The molecule has 102 valence electrons. The molecule has 1 unspecified atom stereocenters. The van der Waals surface area contributed by atoms with Crippen molar-refractivity contribution in [2.45, 2.75) is 26.3 Å². The minimum absolute atomic E-state index is 0.00709. The Morgan fingerprint density at radius 3 is 2.32 bits per heavy atom. The molecule has 0 spiro atoms. The molecule has 0 saturated heterocycles. The SMILES string of the molecule is CC1(C)C[C@@H]1C(=O)NC(C(=O)O)c1ccc(Br)cc1. The van der Waals surface area contributed by atoms with Crippen molar-refractivity contribution in [3.8, 4) is 0 Å². The smallest absolute Gasteiger partial charge is 0.330 e. The van der Waals surface area contributed by atoms with E-state index in [4.69, 9.17) is 0 Å². The third kappa shape index (κ3) is 3.15. The van der Waals surface area contributed by atoms with Crippen LogP contribution in [0.5, 0.6) is 0 Å². The Kier molecular flexibility index (Phi) is 3.67. The van der Waals surface area contributed by atoms with Gasteiger partial charge in [-0.15, -0.1) is 0 Å². The molecule has 1 aromatic rings. The highest BCUT2D eigenvalue weighted by atomic mass is 79.9. The number of rotatable bonds is 4. The van der Waals surface area contributed by atoms with E-state index in [1.807, 2.05) is 13.8 Å². The maximum absolute atomic E-state index is 12.0. The van der Waals surface area contributed by atoms with Gasteiger partial charge < -0.3 is 10.4 Å². The summed E-state index contributed by atoms with van der Waals surface area (Å²) in [6, 6.07) is 5.93. The van der Waals surface area contributed by atoms with Gasteiger partial charge in [0.15, 0.2) is 6.04 Å². The highest BCUT2D eigenvalue weighted by molar-refractivity contribution is 9.10. The fourth-order valence-corrected chi connectivity index (χ4v) is 2.36. The predicted octanol–water partition coefficient (Wildman–Crippen LogP) is 2.74. The van der Waals surface area contributed by atoms with Crippen LogP contribution < -0.4 is 5.32 Å². The maximum Gasteiger partial charge on any atom is 0.330 e. The fourth-order valence-electron chi connectivity index (χ4n) is 2.10. The first-order valence-corrected chi connectivity index (χ1v) is 6.89. The van der Waals surface area contributed by atoms with E-state index in [0.717, 1.165) is 10.9 Å². The number of carboxylic acid groups (broad SMARTS) is 1. The van der Waals surface area contributed by atoms with E-state index in [1.165, 1.54) is 0 Å². The van der Waals surface area contributed by atoms with Crippen molar-refractivity contribution in [2.24, 2.45) is 11.3 Å². The number of nitrogens with one attached hydrogen (secondary N) is 1. The van der Waals surface area contributed by atoms with Gasteiger partial charge in [0.1, 0.15) is 0 Å². The molecular weight excluding hydrogens is 310 g/mol. The second kappa shape index (κ2) is 4.96. The van der Waals surface area contributed by atoms with Gasteiger partial charge in [-0.1, -0.05) is 41.9 Å². The highest BCUT2D eigenvalue weighted by Crippen LogP contribution is 2.51. The Hall–Kier alpha value is -1.36. The second-order valence-corrected chi connectivity index (χ2v) is 6.49. The van der Waals surface area contributed by atoms with Gasteiger partial charge in [0.2, 0.25) is 5.91 Å². The number of aliphatic carboxylic acids is 1. The zero-order valence-corrected chi connectivity index (χ0v) is 12.4. The summed E-state index contributed by atoms with van der Waals surface area (Å²) in [5.41, 5.74) is 0.565. The maximum atomic E-state index is 12.0. The lowest BCUT2D eigenvalue weighted by atomic mass is 10.1. The molecule has 2 rings (SSSR count). The molecule has 2 atom stereocenters. The largest absolute Gasteiger partial charge is 0.479 e. The van der Waals surface area contributed by atoms with Gasteiger partial charge in [0.05, 0.1) is 0 Å². The minimum atomic E-state index is -1.05. The van der Waals surface area contributed by atoms with Gasteiger partial charge in [-0.05, 0) is 29.5 Å². The molecule has 0 heterocycles. The zero-order valence-electron chi connectivity index (χ0n) is 10.8. The van der Waals surface area contributed by atoms with Crippen LogP contribution in [0.3, 0.4) is 0 Å².